The first-order chi connectivity index (χ1) is 18.4. The van der Waals surface area contributed by atoms with E-state index in [4.69, 9.17) is 25.1 Å². The molecular formula is C29H33N3O6. The van der Waals surface area contributed by atoms with Crippen LogP contribution in [0.3, 0.4) is 0 Å². The van der Waals surface area contributed by atoms with E-state index in [1.807, 2.05) is 19.1 Å². The summed E-state index contributed by atoms with van der Waals surface area (Å²) in [5.74, 6) is 0.136. The molecule has 200 valence electrons. The lowest BCUT2D eigenvalue weighted by molar-refractivity contribution is -0.112. The van der Waals surface area contributed by atoms with Gasteiger partial charge in [0.2, 0.25) is 5.91 Å². The van der Waals surface area contributed by atoms with Gasteiger partial charge in [-0.2, -0.15) is 0 Å². The number of hydrogen-bond donors (Lipinski definition) is 4. The molecule has 3 rings (SSSR count). The zero-order valence-electron chi connectivity index (χ0n) is 21.4. The van der Waals surface area contributed by atoms with Crippen LogP contribution in [0.25, 0.3) is 0 Å². The predicted octanol–water partition coefficient (Wildman–Crippen LogP) is 4.84. The lowest BCUT2D eigenvalue weighted by Gasteiger charge is -2.25. The molecule has 0 aromatic heterocycles. The largest absolute Gasteiger partial charge is 0.491 e. The number of para-hydroxylation sites is 2. The maximum atomic E-state index is 12.9. The molecule has 0 aliphatic carbocycles. The number of carbonyl (C=O) groups excluding carboxylic acids is 2. The number of nitrogens with two attached hydrogens (primary N) is 1. The van der Waals surface area contributed by atoms with Gasteiger partial charge in [-0.15, -0.1) is 0 Å². The first kappa shape index (κ1) is 28.2. The van der Waals surface area contributed by atoms with Gasteiger partial charge < -0.3 is 30.4 Å². The number of aryl methyl sites for hydroxylation is 1. The lowest BCUT2D eigenvalue weighted by Crippen LogP contribution is -2.28. The minimum Gasteiger partial charge on any atom is -0.491 e. The quantitative estimate of drug-likeness (QED) is 0.199. The van der Waals surface area contributed by atoms with Gasteiger partial charge in [0.1, 0.15) is 18.5 Å². The Morgan fingerprint density at radius 2 is 1.71 bits per heavy atom. The summed E-state index contributed by atoms with van der Waals surface area (Å²) in [5, 5.41) is 14.4. The Hall–Kier alpha value is -4.34. The number of aliphatic hydroxyl groups excluding tert-OH is 1. The summed E-state index contributed by atoms with van der Waals surface area (Å²) in [6.07, 6.45) is 0.501. The average molecular weight is 520 g/mol. The van der Waals surface area contributed by atoms with E-state index in [0.29, 0.717) is 35.0 Å². The molecule has 2 atom stereocenters. The summed E-state index contributed by atoms with van der Waals surface area (Å²) < 4.78 is 17.1. The van der Waals surface area contributed by atoms with Gasteiger partial charge in [0, 0.05) is 18.4 Å². The maximum absolute atomic E-state index is 12.9. The lowest BCUT2D eigenvalue weighted by atomic mass is 10.0. The minimum atomic E-state index is -0.891. The fraction of sp³-hybridized carbons (Fsp3) is 0.241. The van der Waals surface area contributed by atoms with E-state index in [0.717, 1.165) is 5.56 Å². The third-order valence-electron chi connectivity index (χ3n) is 5.41. The number of amides is 2. The van der Waals surface area contributed by atoms with Crippen LogP contribution in [0.15, 0.2) is 84.9 Å². The van der Waals surface area contributed by atoms with E-state index in [9.17, 15) is 9.59 Å². The Kier molecular flexibility index (Phi) is 10.7. The number of benzene rings is 3. The Morgan fingerprint density at radius 1 is 1.00 bits per heavy atom. The van der Waals surface area contributed by atoms with Gasteiger partial charge in [0.25, 0.3) is 0 Å². The van der Waals surface area contributed by atoms with Gasteiger partial charge in [-0.05, 0) is 61.9 Å². The summed E-state index contributed by atoms with van der Waals surface area (Å²) in [4.78, 5) is 25.5. The molecule has 0 saturated heterocycles. The molecule has 38 heavy (non-hydrogen) atoms. The van der Waals surface area contributed by atoms with Gasteiger partial charge in [-0.25, -0.2) is 4.79 Å². The Bertz CT molecular complexity index is 1210. The summed E-state index contributed by atoms with van der Waals surface area (Å²) in [6.45, 7) is 4.11. The minimum absolute atomic E-state index is 0.111. The molecule has 2 amide bonds. The second kappa shape index (κ2) is 14.4. The molecule has 9 heteroatoms. The molecule has 3 aromatic carbocycles. The van der Waals surface area contributed by atoms with Gasteiger partial charge in [-0.3, -0.25) is 10.1 Å². The first-order valence-corrected chi connectivity index (χ1v) is 12.2. The molecule has 3 aromatic rings. The third kappa shape index (κ3) is 8.65. The first-order valence-electron chi connectivity index (χ1n) is 12.2. The Morgan fingerprint density at radius 3 is 2.37 bits per heavy atom. The number of nitrogens with one attached hydrogen (secondary N) is 2. The summed E-state index contributed by atoms with van der Waals surface area (Å²) >= 11 is 0. The topological polar surface area (TPSA) is 132 Å². The van der Waals surface area contributed by atoms with Gasteiger partial charge >= 0.3 is 6.09 Å². The van der Waals surface area contributed by atoms with Crippen molar-refractivity contribution in [3.8, 4) is 5.75 Å². The third-order valence-corrected chi connectivity index (χ3v) is 5.41. The Balaban J connectivity index is 1.82. The van der Waals surface area contributed by atoms with E-state index in [-0.39, 0.29) is 13.2 Å². The fourth-order valence-electron chi connectivity index (χ4n) is 3.55. The molecular weight excluding hydrogens is 486 g/mol. The van der Waals surface area contributed by atoms with Crippen LogP contribution in [-0.4, -0.2) is 43.0 Å². The summed E-state index contributed by atoms with van der Waals surface area (Å²) in [5.41, 5.74) is 9.10. The van der Waals surface area contributed by atoms with Crippen LogP contribution in [0.2, 0.25) is 0 Å². The predicted molar refractivity (Wildman–Crippen MR) is 147 cm³/mol. The van der Waals surface area contributed by atoms with Crippen molar-refractivity contribution in [2.75, 3.05) is 36.2 Å². The molecule has 0 heterocycles. The van der Waals surface area contributed by atoms with Crippen molar-refractivity contribution in [2.24, 2.45) is 0 Å². The zero-order valence-corrected chi connectivity index (χ0v) is 21.4. The van der Waals surface area contributed by atoms with Crippen molar-refractivity contribution in [3.63, 3.8) is 0 Å². The molecule has 0 fully saturated rings. The van der Waals surface area contributed by atoms with Crippen molar-refractivity contribution in [1.29, 1.82) is 0 Å². The molecule has 0 unspecified atom stereocenters. The maximum Gasteiger partial charge on any atom is 0.412 e. The van der Waals surface area contributed by atoms with Crippen molar-refractivity contribution >= 4 is 29.1 Å². The van der Waals surface area contributed by atoms with Crippen LogP contribution in [0.1, 0.15) is 24.2 Å². The highest BCUT2D eigenvalue weighted by Gasteiger charge is 2.26. The van der Waals surface area contributed by atoms with E-state index in [1.165, 1.54) is 12.2 Å². The molecule has 5 N–H and O–H groups in total. The van der Waals surface area contributed by atoms with Crippen LogP contribution in [-0.2, 0) is 14.3 Å². The van der Waals surface area contributed by atoms with E-state index < -0.39 is 24.2 Å². The van der Waals surface area contributed by atoms with Crippen molar-refractivity contribution < 1.29 is 28.9 Å². The van der Waals surface area contributed by atoms with Crippen LogP contribution < -0.4 is 21.1 Å². The van der Waals surface area contributed by atoms with Crippen molar-refractivity contribution in [2.45, 2.75) is 26.1 Å². The molecule has 9 nitrogen and oxygen atoms in total. The second-order valence-electron chi connectivity index (χ2n) is 8.31. The number of nitrogen functional groups attached to an aromatic ring is 1. The number of hydrogen-bond acceptors (Lipinski definition) is 7. The van der Waals surface area contributed by atoms with E-state index >= 15 is 0 Å². The van der Waals surface area contributed by atoms with Crippen LogP contribution in [0.4, 0.5) is 21.9 Å². The zero-order chi connectivity index (χ0) is 27.3. The number of carbonyl (C=O) groups is 2. The highest BCUT2D eigenvalue weighted by atomic mass is 16.6. The highest BCUT2D eigenvalue weighted by molar-refractivity contribution is 6.01. The normalized spacial score (nSPS) is 12.5. The molecule has 0 spiro atoms. The average Bonchev–Trinajstić information content (AvgIpc) is 2.91. The Labute approximate surface area is 222 Å². The molecule has 0 saturated carbocycles. The van der Waals surface area contributed by atoms with Crippen LogP contribution in [0.5, 0.6) is 5.75 Å². The van der Waals surface area contributed by atoms with Crippen molar-refractivity contribution in [3.05, 3.63) is 96.1 Å². The number of aliphatic hydroxyl groups is 1. The molecule has 0 aliphatic rings. The van der Waals surface area contributed by atoms with Gasteiger partial charge in [0.05, 0.1) is 18.0 Å². The molecule has 0 radical (unpaired) electrons. The van der Waals surface area contributed by atoms with E-state index in [1.54, 1.807) is 67.6 Å². The SMILES string of the molecule is CCO[C@@H](/C=C/C(=O)Nc1ccccc1N)[C@@H](OC(=O)Nc1ccc(C)cc1)c1ccc(OCCO)cc1. The van der Waals surface area contributed by atoms with E-state index in [2.05, 4.69) is 10.6 Å². The van der Waals surface area contributed by atoms with Crippen molar-refractivity contribution in [1.82, 2.24) is 0 Å². The summed E-state index contributed by atoms with van der Waals surface area (Å²) in [7, 11) is 0. The summed E-state index contributed by atoms with van der Waals surface area (Å²) in [6, 6.07) is 21.1. The number of anilines is 3. The van der Waals surface area contributed by atoms with Crippen LogP contribution >= 0.6 is 0 Å². The fourth-order valence-corrected chi connectivity index (χ4v) is 3.55. The number of rotatable bonds is 12. The monoisotopic (exact) mass is 519 g/mol. The standard InChI is InChI=1S/C29H33N3O6/c1-3-36-26(16-17-27(34)32-25-7-5-4-6-24(25)30)28(21-10-14-23(15-11-21)37-19-18-33)38-29(35)31-22-12-8-20(2)9-13-22/h4-17,26,28,33H,3,18-19,30H2,1-2H3,(H,31,35)(H,32,34)/b17-16+/t26-,28-/m0/s1. The highest BCUT2D eigenvalue weighted by Crippen LogP contribution is 2.28. The van der Waals surface area contributed by atoms with Gasteiger partial charge in [-0.1, -0.05) is 42.0 Å². The smallest absolute Gasteiger partial charge is 0.412 e. The van der Waals surface area contributed by atoms with Gasteiger partial charge in [0.15, 0.2) is 6.10 Å². The second-order valence-corrected chi connectivity index (χ2v) is 8.31. The van der Waals surface area contributed by atoms with Crippen LogP contribution in [0, 0.1) is 6.92 Å². The molecule has 0 bridgehead atoms. The molecule has 0 aliphatic heterocycles. The number of ether oxygens (including phenoxy) is 3.